The van der Waals surface area contributed by atoms with Crippen molar-refractivity contribution in [2.24, 2.45) is 5.16 Å². The second kappa shape index (κ2) is 5.94. The highest BCUT2D eigenvalue weighted by molar-refractivity contribution is 5.62. The smallest absolute Gasteiger partial charge is 0.114 e. The van der Waals surface area contributed by atoms with E-state index in [-0.39, 0.29) is 5.54 Å². The van der Waals surface area contributed by atoms with E-state index in [9.17, 15) is 5.11 Å². The van der Waals surface area contributed by atoms with Crippen LogP contribution in [0.15, 0.2) is 5.16 Å². The lowest BCUT2D eigenvalue weighted by Crippen LogP contribution is -2.41. The number of aliphatic hydroxyl groups excluding tert-OH is 1. The molecular weight excluding hydrogens is 168 g/mol. The van der Waals surface area contributed by atoms with Crippen LogP contribution in [-0.2, 0) is 4.84 Å². The molecule has 0 rings (SSSR count). The molecule has 0 aliphatic rings. The fourth-order valence-corrected chi connectivity index (χ4v) is 0.651. The predicted molar refractivity (Wildman–Crippen MR) is 53.9 cm³/mol. The lowest BCUT2D eigenvalue weighted by Gasteiger charge is -2.21. The maximum absolute atomic E-state index is 9.35. The number of rotatable bonds is 5. The van der Waals surface area contributed by atoms with Crippen molar-refractivity contribution in [2.75, 3.05) is 13.2 Å². The molecule has 0 saturated heterocycles. The number of hydrogen-bond acceptors (Lipinski definition) is 4. The quantitative estimate of drug-likeness (QED) is 0.494. The standard InChI is InChI=1S/C9H20N2O2/c1-5-13-11-7-8(12)6-10-9(2,3)4/h7-8,10,12H,5-6H2,1-4H3/b11-7-. The van der Waals surface area contributed by atoms with Crippen LogP contribution in [0, 0.1) is 0 Å². The van der Waals surface area contributed by atoms with Crippen LogP contribution < -0.4 is 5.32 Å². The summed E-state index contributed by atoms with van der Waals surface area (Å²) in [6.07, 6.45) is 0.799. The van der Waals surface area contributed by atoms with Gasteiger partial charge in [0.25, 0.3) is 0 Å². The zero-order valence-electron chi connectivity index (χ0n) is 8.87. The molecule has 2 N–H and O–H groups in total. The Balaban J connectivity index is 3.57. The molecule has 1 atom stereocenters. The summed E-state index contributed by atoms with van der Waals surface area (Å²) in [5, 5.41) is 16.1. The third-order valence-corrected chi connectivity index (χ3v) is 1.28. The number of aliphatic hydroxyl groups is 1. The summed E-state index contributed by atoms with van der Waals surface area (Å²) in [6, 6.07) is 0. The summed E-state index contributed by atoms with van der Waals surface area (Å²) in [5.41, 5.74) is 0.0143. The van der Waals surface area contributed by atoms with Crippen LogP contribution in [0.1, 0.15) is 27.7 Å². The van der Waals surface area contributed by atoms with Crippen LogP contribution in [0.5, 0.6) is 0 Å². The first kappa shape index (κ1) is 12.4. The molecule has 4 nitrogen and oxygen atoms in total. The van der Waals surface area contributed by atoms with Gasteiger partial charge in [0.05, 0.1) is 6.21 Å². The third kappa shape index (κ3) is 9.30. The van der Waals surface area contributed by atoms with Gasteiger partial charge in [0, 0.05) is 12.1 Å². The molecule has 0 amide bonds. The molecule has 0 spiro atoms. The Hall–Kier alpha value is -0.610. The molecule has 0 bridgehead atoms. The maximum atomic E-state index is 9.35. The van der Waals surface area contributed by atoms with Crippen LogP contribution in [0.3, 0.4) is 0 Å². The summed E-state index contributed by atoms with van der Waals surface area (Å²) in [5.74, 6) is 0. The number of nitrogens with zero attached hydrogens (tertiary/aromatic N) is 1. The monoisotopic (exact) mass is 188 g/mol. The Morgan fingerprint density at radius 2 is 2.15 bits per heavy atom. The van der Waals surface area contributed by atoms with Gasteiger partial charge in [-0.15, -0.1) is 0 Å². The zero-order chi connectivity index (χ0) is 10.3. The second-order valence-electron chi connectivity index (χ2n) is 3.87. The molecular formula is C9H20N2O2. The number of β-amino-alcohol motifs (C(OH)–C–C–N with tert-alkyl or cyclic N) is 1. The molecule has 0 aromatic rings. The van der Waals surface area contributed by atoms with Crippen LogP contribution in [0.2, 0.25) is 0 Å². The van der Waals surface area contributed by atoms with Crippen molar-refractivity contribution in [3.05, 3.63) is 0 Å². The molecule has 0 heterocycles. The Kier molecular flexibility index (Phi) is 5.66. The second-order valence-corrected chi connectivity index (χ2v) is 3.87. The number of nitrogens with one attached hydrogen (secondary N) is 1. The van der Waals surface area contributed by atoms with E-state index in [4.69, 9.17) is 4.84 Å². The highest BCUT2D eigenvalue weighted by Gasteiger charge is 2.10. The van der Waals surface area contributed by atoms with E-state index in [1.807, 2.05) is 27.7 Å². The summed E-state index contributed by atoms with van der Waals surface area (Å²) in [7, 11) is 0. The van der Waals surface area contributed by atoms with Crippen molar-refractivity contribution in [1.29, 1.82) is 0 Å². The zero-order valence-corrected chi connectivity index (χ0v) is 8.87. The highest BCUT2D eigenvalue weighted by atomic mass is 16.6. The lowest BCUT2D eigenvalue weighted by molar-refractivity contribution is 0.152. The van der Waals surface area contributed by atoms with E-state index in [0.717, 1.165) is 0 Å². The van der Waals surface area contributed by atoms with Crippen molar-refractivity contribution in [1.82, 2.24) is 5.32 Å². The third-order valence-electron chi connectivity index (χ3n) is 1.28. The molecule has 0 aromatic heterocycles. The van der Waals surface area contributed by atoms with Gasteiger partial charge in [0.2, 0.25) is 0 Å². The molecule has 4 heteroatoms. The van der Waals surface area contributed by atoms with Gasteiger partial charge in [-0.1, -0.05) is 5.16 Å². The topological polar surface area (TPSA) is 53.9 Å². The van der Waals surface area contributed by atoms with Crippen LogP contribution >= 0.6 is 0 Å². The Labute approximate surface area is 80.0 Å². The minimum Gasteiger partial charge on any atom is -0.396 e. The molecule has 13 heavy (non-hydrogen) atoms. The lowest BCUT2D eigenvalue weighted by atomic mass is 10.1. The van der Waals surface area contributed by atoms with Gasteiger partial charge in [0.1, 0.15) is 12.7 Å². The van der Waals surface area contributed by atoms with Crippen LogP contribution in [-0.4, -0.2) is 36.1 Å². The van der Waals surface area contributed by atoms with E-state index < -0.39 is 6.10 Å². The largest absolute Gasteiger partial charge is 0.396 e. The molecule has 78 valence electrons. The molecule has 0 aliphatic heterocycles. The van der Waals surface area contributed by atoms with Crippen molar-refractivity contribution in [2.45, 2.75) is 39.3 Å². The van der Waals surface area contributed by atoms with E-state index in [0.29, 0.717) is 13.2 Å². The minimum atomic E-state index is -0.592. The maximum Gasteiger partial charge on any atom is 0.114 e. The summed E-state index contributed by atoms with van der Waals surface area (Å²) >= 11 is 0. The van der Waals surface area contributed by atoms with Gasteiger partial charge in [-0.05, 0) is 27.7 Å². The SMILES string of the molecule is CCO/N=C\C(O)CNC(C)(C)C. The minimum absolute atomic E-state index is 0.0143. The molecule has 0 fully saturated rings. The Morgan fingerprint density at radius 3 is 2.62 bits per heavy atom. The van der Waals surface area contributed by atoms with Crippen molar-refractivity contribution in [3.8, 4) is 0 Å². The summed E-state index contributed by atoms with van der Waals surface area (Å²) in [4.78, 5) is 4.72. The Bertz CT molecular complexity index is 152. The van der Waals surface area contributed by atoms with E-state index in [2.05, 4.69) is 10.5 Å². The highest BCUT2D eigenvalue weighted by Crippen LogP contribution is 1.97. The first-order chi connectivity index (χ1) is 5.95. The van der Waals surface area contributed by atoms with Crippen molar-refractivity contribution >= 4 is 6.21 Å². The molecule has 0 radical (unpaired) electrons. The van der Waals surface area contributed by atoms with Crippen molar-refractivity contribution in [3.63, 3.8) is 0 Å². The fraction of sp³-hybridized carbons (Fsp3) is 0.889. The van der Waals surface area contributed by atoms with Crippen LogP contribution in [0.4, 0.5) is 0 Å². The van der Waals surface area contributed by atoms with Gasteiger partial charge in [-0.25, -0.2) is 0 Å². The molecule has 0 aliphatic carbocycles. The van der Waals surface area contributed by atoms with Gasteiger partial charge in [-0.3, -0.25) is 0 Å². The molecule has 1 unspecified atom stereocenters. The number of oxime groups is 1. The molecule has 0 saturated carbocycles. The Morgan fingerprint density at radius 1 is 1.54 bits per heavy atom. The number of hydrogen-bond donors (Lipinski definition) is 2. The summed E-state index contributed by atoms with van der Waals surface area (Å²) < 4.78 is 0. The average molecular weight is 188 g/mol. The normalized spacial score (nSPS) is 14.8. The fourth-order valence-electron chi connectivity index (χ4n) is 0.651. The van der Waals surface area contributed by atoms with Crippen LogP contribution in [0.25, 0.3) is 0 Å². The first-order valence-electron chi connectivity index (χ1n) is 4.54. The summed E-state index contributed by atoms with van der Waals surface area (Å²) in [6.45, 7) is 8.98. The van der Waals surface area contributed by atoms with E-state index >= 15 is 0 Å². The van der Waals surface area contributed by atoms with Gasteiger partial charge >= 0.3 is 0 Å². The predicted octanol–water partition coefficient (Wildman–Crippen LogP) is 0.758. The van der Waals surface area contributed by atoms with Crippen molar-refractivity contribution < 1.29 is 9.94 Å². The van der Waals surface area contributed by atoms with Gasteiger partial charge in [-0.2, -0.15) is 0 Å². The van der Waals surface area contributed by atoms with E-state index in [1.165, 1.54) is 6.21 Å². The van der Waals surface area contributed by atoms with E-state index in [1.54, 1.807) is 0 Å². The first-order valence-corrected chi connectivity index (χ1v) is 4.54. The average Bonchev–Trinajstić information content (AvgIpc) is 2.00. The molecule has 0 aromatic carbocycles. The van der Waals surface area contributed by atoms with Gasteiger partial charge < -0.3 is 15.3 Å². The van der Waals surface area contributed by atoms with Gasteiger partial charge in [0.15, 0.2) is 0 Å².